The van der Waals surface area contributed by atoms with Gasteiger partial charge in [0.25, 0.3) is 11.5 Å². The van der Waals surface area contributed by atoms with Gasteiger partial charge in [-0.15, -0.1) is 0 Å². The number of rotatable bonds is 3. The normalized spacial score (nSPS) is 20.8. The number of nitrogens with one attached hydrogen (secondary N) is 4. The first-order chi connectivity index (χ1) is 9.06. The minimum atomic E-state index is -0.676. The van der Waals surface area contributed by atoms with E-state index in [1.54, 1.807) is 0 Å². The van der Waals surface area contributed by atoms with Gasteiger partial charge in [0.15, 0.2) is 0 Å². The second kappa shape index (κ2) is 5.83. The second-order valence-corrected chi connectivity index (χ2v) is 4.87. The number of aromatic nitrogens is 2. The highest BCUT2D eigenvalue weighted by molar-refractivity contribution is 5.92. The Kier molecular flexibility index (Phi) is 4.16. The van der Waals surface area contributed by atoms with E-state index in [0.717, 1.165) is 32.0 Å². The van der Waals surface area contributed by atoms with E-state index in [1.807, 2.05) is 11.9 Å². The maximum atomic E-state index is 11.9. The highest BCUT2D eigenvalue weighted by Gasteiger charge is 2.22. The van der Waals surface area contributed by atoms with Crippen molar-refractivity contribution >= 4 is 5.91 Å². The van der Waals surface area contributed by atoms with Crippen molar-refractivity contribution in [3.05, 3.63) is 32.6 Å². The molecule has 1 aromatic rings. The quantitative estimate of drug-likeness (QED) is 0.573. The molecule has 1 fully saturated rings. The molecule has 1 amide bonds. The van der Waals surface area contributed by atoms with Crippen molar-refractivity contribution in [1.82, 2.24) is 20.6 Å². The topological polar surface area (TPSA) is 107 Å². The van der Waals surface area contributed by atoms with E-state index in [1.165, 1.54) is 0 Å². The zero-order valence-corrected chi connectivity index (χ0v) is 10.8. The molecule has 2 rings (SSSR count). The van der Waals surface area contributed by atoms with Gasteiger partial charge in [-0.05, 0) is 38.8 Å². The lowest BCUT2D eigenvalue weighted by Crippen LogP contribution is -2.45. The first kappa shape index (κ1) is 13.5. The van der Waals surface area contributed by atoms with Crippen LogP contribution in [0.2, 0.25) is 0 Å². The first-order valence-corrected chi connectivity index (χ1v) is 6.41. The SMILES string of the molecule is CC(NC(=O)c1cc(=O)[nH]c(=O)[nH]1)C1CCCNC1. The van der Waals surface area contributed by atoms with Crippen LogP contribution in [0.25, 0.3) is 0 Å². The fourth-order valence-corrected chi connectivity index (χ4v) is 2.30. The van der Waals surface area contributed by atoms with E-state index in [2.05, 4.69) is 15.6 Å². The van der Waals surface area contributed by atoms with E-state index in [9.17, 15) is 14.4 Å². The average molecular weight is 266 g/mol. The number of piperidine rings is 1. The van der Waals surface area contributed by atoms with Crippen LogP contribution in [0.15, 0.2) is 15.7 Å². The lowest BCUT2D eigenvalue weighted by atomic mass is 9.93. The van der Waals surface area contributed by atoms with Crippen LogP contribution in [0, 0.1) is 5.92 Å². The standard InChI is InChI=1S/C12H18N4O3/c1-7(8-3-2-4-13-6-8)14-11(18)9-5-10(17)16-12(19)15-9/h5,7-8,13H,2-4,6H2,1H3,(H,14,18)(H2,15,16,17,19). The second-order valence-electron chi connectivity index (χ2n) is 4.87. The molecule has 0 bridgehead atoms. The van der Waals surface area contributed by atoms with Crippen molar-refractivity contribution in [3.63, 3.8) is 0 Å². The molecular formula is C12H18N4O3. The van der Waals surface area contributed by atoms with Crippen molar-refractivity contribution in [2.75, 3.05) is 13.1 Å². The predicted octanol–water partition coefficient (Wildman–Crippen LogP) is -0.819. The third kappa shape index (κ3) is 3.54. The molecule has 7 heteroatoms. The Labute approximate surface area is 109 Å². The van der Waals surface area contributed by atoms with Crippen LogP contribution in [0.3, 0.4) is 0 Å². The monoisotopic (exact) mass is 266 g/mol. The number of carbonyl (C=O) groups excluding carboxylic acids is 1. The molecule has 2 atom stereocenters. The molecule has 1 aromatic heterocycles. The van der Waals surface area contributed by atoms with Crippen LogP contribution in [0.5, 0.6) is 0 Å². The van der Waals surface area contributed by atoms with E-state index < -0.39 is 17.2 Å². The van der Waals surface area contributed by atoms with E-state index in [4.69, 9.17) is 0 Å². The van der Waals surface area contributed by atoms with Crippen molar-refractivity contribution < 1.29 is 4.79 Å². The van der Waals surface area contributed by atoms with Crippen molar-refractivity contribution in [3.8, 4) is 0 Å². The number of hydrogen-bond acceptors (Lipinski definition) is 4. The highest BCUT2D eigenvalue weighted by atomic mass is 16.2. The Bertz CT molecular complexity index is 528. The molecule has 19 heavy (non-hydrogen) atoms. The summed E-state index contributed by atoms with van der Waals surface area (Å²) >= 11 is 0. The number of carbonyl (C=O) groups is 1. The molecule has 7 nitrogen and oxygen atoms in total. The molecule has 2 unspecified atom stereocenters. The smallest absolute Gasteiger partial charge is 0.326 e. The van der Waals surface area contributed by atoms with Gasteiger partial charge in [-0.1, -0.05) is 0 Å². The molecule has 4 N–H and O–H groups in total. The molecule has 1 aliphatic rings. The maximum Gasteiger partial charge on any atom is 0.326 e. The summed E-state index contributed by atoms with van der Waals surface area (Å²) in [4.78, 5) is 38.5. The zero-order chi connectivity index (χ0) is 13.8. The summed E-state index contributed by atoms with van der Waals surface area (Å²) in [7, 11) is 0. The van der Waals surface area contributed by atoms with Gasteiger partial charge in [0, 0.05) is 12.1 Å². The lowest BCUT2D eigenvalue weighted by Gasteiger charge is -2.28. The van der Waals surface area contributed by atoms with Crippen LogP contribution in [-0.2, 0) is 0 Å². The number of amides is 1. The molecule has 0 aromatic carbocycles. The Balaban J connectivity index is 2.03. The summed E-state index contributed by atoms with van der Waals surface area (Å²) in [5.41, 5.74) is -1.27. The lowest BCUT2D eigenvalue weighted by molar-refractivity contribution is 0.0916. The first-order valence-electron chi connectivity index (χ1n) is 6.41. The summed E-state index contributed by atoms with van der Waals surface area (Å²) in [5.74, 6) is -0.0623. The highest BCUT2D eigenvalue weighted by Crippen LogP contribution is 2.14. The van der Waals surface area contributed by atoms with Gasteiger partial charge in [0.05, 0.1) is 0 Å². The van der Waals surface area contributed by atoms with Crippen molar-refractivity contribution in [1.29, 1.82) is 0 Å². The van der Waals surface area contributed by atoms with Crippen LogP contribution < -0.4 is 21.9 Å². The molecule has 0 saturated carbocycles. The van der Waals surface area contributed by atoms with Gasteiger partial charge in [0.2, 0.25) is 0 Å². The number of aromatic amines is 2. The summed E-state index contributed by atoms with van der Waals surface area (Å²) in [6.07, 6.45) is 2.15. The van der Waals surface area contributed by atoms with Gasteiger partial charge < -0.3 is 15.6 Å². The van der Waals surface area contributed by atoms with Gasteiger partial charge in [-0.3, -0.25) is 14.6 Å². The van der Waals surface area contributed by atoms with E-state index in [0.29, 0.717) is 5.92 Å². The minimum absolute atomic E-state index is 0.00984. The largest absolute Gasteiger partial charge is 0.348 e. The Morgan fingerprint density at radius 1 is 1.42 bits per heavy atom. The van der Waals surface area contributed by atoms with Crippen LogP contribution in [0.1, 0.15) is 30.3 Å². The number of hydrogen-bond donors (Lipinski definition) is 4. The average Bonchev–Trinajstić information content (AvgIpc) is 2.38. The molecule has 1 aliphatic heterocycles. The number of H-pyrrole nitrogens is 2. The molecule has 1 saturated heterocycles. The molecule has 0 aliphatic carbocycles. The van der Waals surface area contributed by atoms with Crippen LogP contribution >= 0.6 is 0 Å². The summed E-state index contributed by atoms with van der Waals surface area (Å²) in [6, 6.07) is 1.07. The Morgan fingerprint density at radius 2 is 2.21 bits per heavy atom. The van der Waals surface area contributed by atoms with Gasteiger partial charge in [-0.2, -0.15) is 0 Å². The predicted molar refractivity (Wildman–Crippen MR) is 70.2 cm³/mol. The molecule has 104 valence electrons. The minimum Gasteiger partial charge on any atom is -0.348 e. The van der Waals surface area contributed by atoms with E-state index in [-0.39, 0.29) is 11.7 Å². The van der Waals surface area contributed by atoms with Gasteiger partial charge >= 0.3 is 5.69 Å². The van der Waals surface area contributed by atoms with Gasteiger partial charge in [-0.25, -0.2) is 4.79 Å². The fraction of sp³-hybridized carbons (Fsp3) is 0.583. The molecular weight excluding hydrogens is 248 g/mol. The molecule has 0 spiro atoms. The van der Waals surface area contributed by atoms with Gasteiger partial charge in [0.1, 0.15) is 5.69 Å². The maximum absolute atomic E-state index is 11.9. The zero-order valence-electron chi connectivity index (χ0n) is 10.8. The van der Waals surface area contributed by atoms with Crippen LogP contribution in [-0.4, -0.2) is 35.0 Å². The van der Waals surface area contributed by atoms with Crippen molar-refractivity contribution in [2.24, 2.45) is 5.92 Å². The fourth-order valence-electron chi connectivity index (χ4n) is 2.30. The Hall–Kier alpha value is -1.89. The molecule has 2 heterocycles. The summed E-state index contributed by atoms with van der Waals surface area (Å²) < 4.78 is 0. The summed E-state index contributed by atoms with van der Waals surface area (Å²) in [6.45, 7) is 3.81. The molecule has 0 radical (unpaired) electrons. The third-order valence-electron chi connectivity index (χ3n) is 3.41. The van der Waals surface area contributed by atoms with Crippen LogP contribution in [0.4, 0.5) is 0 Å². The van der Waals surface area contributed by atoms with Crippen molar-refractivity contribution in [2.45, 2.75) is 25.8 Å². The summed E-state index contributed by atoms with van der Waals surface area (Å²) in [5, 5.41) is 6.10. The Morgan fingerprint density at radius 3 is 2.84 bits per heavy atom. The third-order valence-corrected chi connectivity index (χ3v) is 3.41. The van der Waals surface area contributed by atoms with E-state index >= 15 is 0 Å².